The van der Waals surface area contributed by atoms with Gasteiger partial charge in [-0.15, -0.1) is 0 Å². The van der Waals surface area contributed by atoms with Crippen LogP contribution >= 0.6 is 0 Å². The van der Waals surface area contributed by atoms with Crippen molar-refractivity contribution >= 4 is 23.2 Å². The molecule has 0 radical (unpaired) electrons. The molecule has 0 saturated heterocycles. The van der Waals surface area contributed by atoms with Crippen molar-refractivity contribution in [2.75, 3.05) is 23.7 Å². The lowest BCUT2D eigenvalue weighted by Crippen LogP contribution is -2.24. The maximum Gasteiger partial charge on any atom is 0.251 e. The van der Waals surface area contributed by atoms with Gasteiger partial charge in [-0.3, -0.25) is 9.59 Å². The Balaban J connectivity index is 1.55. The van der Waals surface area contributed by atoms with Crippen LogP contribution in [0.25, 0.3) is 0 Å². The molecule has 0 spiro atoms. The minimum Gasteiger partial charge on any atom is -0.487 e. The third-order valence-electron chi connectivity index (χ3n) is 4.51. The van der Waals surface area contributed by atoms with E-state index < -0.39 is 0 Å². The zero-order valence-corrected chi connectivity index (χ0v) is 17.6. The molecule has 3 aromatic rings. The number of nitrogens with one attached hydrogen (secondary N) is 3. The molecule has 2 amide bonds. The molecule has 0 heterocycles. The minimum absolute atomic E-state index is 0.0626. The molecule has 0 aliphatic heterocycles. The SMILES string of the molecule is CCCNC(=O)c1cccc(NCC(=O)Nc2ccccc2OCc2ccccc2)c1. The van der Waals surface area contributed by atoms with E-state index in [0.717, 1.165) is 12.0 Å². The summed E-state index contributed by atoms with van der Waals surface area (Å²) in [6, 6.07) is 24.3. The van der Waals surface area contributed by atoms with Gasteiger partial charge in [0.2, 0.25) is 5.91 Å². The molecule has 160 valence electrons. The maximum absolute atomic E-state index is 12.5. The fourth-order valence-electron chi connectivity index (χ4n) is 2.92. The normalized spacial score (nSPS) is 10.2. The fraction of sp³-hybridized carbons (Fsp3) is 0.200. The summed E-state index contributed by atoms with van der Waals surface area (Å²) in [5.41, 5.74) is 2.91. The fourth-order valence-corrected chi connectivity index (χ4v) is 2.92. The highest BCUT2D eigenvalue weighted by molar-refractivity contribution is 5.96. The molecule has 6 nitrogen and oxygen atoms in total. The molecule has 0 unspecified atom stereocenters. The van der Waals surface area contributed by atoms with Crippen LogP contribution in [0.15, 0.2) is 78.9 Å². The first-order valence-electron chi connectivity index (χ1n) is 10.3. The number of hydrogen-bond donors (Lipinski definition) is 3. The lowest BCUT2D eigenvalue weighted by Gasteiger charge is -2.13. The summed E-state index contributed by atoms with van der Waals surface area (Å²) in [4.78, 5) is 24.6. The molecule has 0 aromatic heterocycles. The van der Waals surface area contributed by atoms with Crippen molar-refractivity contribution in [3.8, 4) is 5.75 Å². The van der Waals surface area contributed by atoms with Crippen LogP contribution in [0, 0.1) is 0 Å². The predicted octanol–water partition coefficient (Wildman–Crippen LogP) is 4.46. The van der Waals surface area contributed by atoms with Gasteiger partial charge in [-0.05, 0) is 42.3 Å². The van der Waals surface area contributed by atoms with Crippen LogP contribution in [0.1, 0.15) is 29.3 Å². The van der Waals surface area contributed by atoms with Crippen molar-refractivity contribution in [1.29, 1.82) is 0 Å². The number of carbonyl (C=O) groups is 2. The van der Waals surface area contributed by atoms with E-state index in [2.05, 4.69) is 16.0 Å². The van der Waals surface area contributed by atoms with Crippen LogP contribution in [0.3, 0.4) is 0 Å². The quantitative estimate of drug-likeness (QED) is 0.455. The van der Waals surface area contributed by atoms with E-state index in [4.69, 9.17) is 4.74 Å². The molecule has 6 heteroatoms. The summed E-state index contributed by atoms with van der Waals surface area (Å²) in [5, 5.41) is 8.78. The topological polar surface area (TPSA) is 79.5 Å². The zero-order valence-electron chi connectivity index (χ0n) is 17.6. The summed E-state index contributed by atoms with van der Waals surface area (Å²) >= 11 is 0. The van der Waals surface area contributed by atoms with Crippen LogP contribution in [0.5, 0.6) is 5.75 Å². The standard InChI is InChI=1S/C25H27N3O3/c1-2-15-26-25(30)20-11-8-12-21(16-20)27-17-24(29)28-22-13-6-7-14-23(22)31-18-19-9-4-3-5-10-19/h3-14,16,27H,2,15,17-18H2,1H3,(H,26,30)(H,28,29). The van der Waals surface area contributed by atoms with Crippen LogP contribution < -0.4 is 20.7 Å². The Labute approximate surface area is 182 Å². The molecule has 0 fully saturated rings. The number of anilines is 2. The third kappa shape index (κ3) is 6.89. The van der Waals surface area contributed by atoms with Gasteiger partial charge in [0.25, 0.3) is 5.91 Å². The summed E-state index contributed by atoms with van der Waals surface area (Å²) in [7, 11) is 0. The molecule has 0 aliphatic carbocycles. The second-order valence-corrected chi connectivity index (χ2v) is 7.01. The molecular weight excluding hydrogens is 390 g/mol. The predicted molar refractivity (Wildman–Crippen MR) is 123 cm³/mol. The molecule has 31 heavy (non-hydrogen) atoms. The number of para-hydroxylation sites is 2. The molecule has 0 saturated carbocycles. The molecule has 3 rings (SSSR count). The Kier molecular flexibility index (Phi) is 8.05. The van der Waals surface area contributed by atoms with E-state index in [-0.39, 0.29) is 18.4 Å². The van der Waals surface area contributed by atoms with Crippen molar-refractivity contribution in [2.45, 2.75) is 20.0 Å². The van der Waals surface area contributed by atoms with Crippen LogP contribution in [0.2, 0.25) is 0 Å². The van der Waals surface area contributed by atoms with Crippen molar-refractivity contribution in [3.05, 3.63) is 90.0 Å². The first kappa shape index (κ1) is 21.9. The highest BCUT2D eigenvalue weighted by atomic mass is 16.5. The maximum atomic E-state index is 12.5. The van der Waals surface area contributed by atoms with Gasteiger partial charge in [-0.2, -0.15) is 0 Å². The Morgan fingerprint density at radius 2 is 1.68 bits per heavy atom. The first-order valence-corrected chi connectivity index (χ1v) is 10.3. The van der Waals surface area contributed by atoms with Crippen LogP contribution in [-0.4, -0.2) is 24.9 Å². The van der Waals surface area contributed by atoms with E-state index in [1.165, 1.54) is 0 Å². The lowest BCUT2D eigenvalue weighted by molar-refractivity contribution is -0.114. The van der Waals surface area contributed by atoms with Crippen molar-refractivity contribution in [1.82, 2.24) is 5.32 Å². The van der Waals surface area contributed by atoms with Gasteiger partial charge in [0.1, 0.15) is 12.4 Å². The third-order valence-corrected chi connectivity index (χ3v) is 4.51. The number of amides is 2. The van der Waals surface area contributed by atoms with E-state index in [1.807, 2.05) is 61.5 Å². The number of rotatable bonds is 10. The van der Waals surface area contributed by atoms with Crippen molar-refractivity contribution in [3.63, 3.8) is 0 Å². The summed E-state index contributed by atoms with van der Waals surface area (Å²) in [5.74, 6) is 0.269. The van der Waals surface area contributed by atoms with Crippen LogP contribution in [-0.2, 0) is 11.4 Å². The number of hydrogen-bond acceptors (Lipinski definition) is 4. The van der Waals surface area contributed by atoms with Crippen molar-refractivity contribution < 1.29 is 14.3 Å². The lowest BCUT2D eigenvalue weighted by atomic mass is 10.2. The highest BCUT2D eigenvalue weighted by Gasteiger charge is 2.09. The van der Waals surface area contributed by atoms with E-state index in [9.17, 15) is 9.59 Å². The average molecular weight is 418 g/mol. The Hall–Kier alpha value is -3.80. The number of carbonyl (C=O) groups excluding carboxylic acids is 2. The number of benzene rings is 3. The Morgan fingerprint density at radius 3 is 2.48 bits per heavy atom. The van der Waals surface area contributed by atoms with Gasteiger partial charge in [-0.25, -0.2) is 0 Å². The molecule has 0 aliphatic rings. The Morgan fingerprint density at radius 1 is 0.903 bits per heavy atom. The highest BCUT2D eigenvalue weighted by Crippen LogP contribution is 2.24. The Bertz CT molecular complexity index is 1010. The molecular formula is C25H27N3O3. The van der Waals surface area contributed by atoms with Gasteiger partial charge in [-0.1, -0.05) is 55.5 Å². The second-order valence-electron chi connectivity index (χ2n) is 7.01. The van der Waals surface area contributed by atoms with Crippen molar-refractivity contribution in [2.24, 2.45) is 0 Å². The monoisotopic (exact) mass is 417 g/mol. The zero-order chi connectivity index (χ0) is 21.9. The summed E-state index contributed by atoms with van der Waals surface area (Å²) in [6.45, 7) is 3.11. The van der Waals surface area contributed by atoms with Gasteiger partial charge >= 0.3 is 0 Å². The van der Waals surface area contributed by atoms with Gasteiger partial charge in [0, 0.05) is 17.8 Å². The van der Waals surface area contributed by atoms with Gasteiger partial charge < -0.3 is 20.7 Å². The summed E-state index contributed by atoms with van der Waals surface area (Å²) < 4.78 is 5.88. The molecule has 0 bridgehead atoms. The largest absolute Gasteiger partial charge is 0.487 e. The van der Waals surface area contributed by atoms with E-state index in [0.29, 0.717) is 35.8 Å². The smallest absolute Gasteiger partial charge is 0.251 e. The van der Waals surface area contributed by atoms with E-state index in [1.54, 1.807) is 24.3 Å². The van der Waals surface area contributed by atoms with Gasteiger partial charge in [0.05, 0.1) is 12.2 Å². The minimum atomic E-state index is -0.211. The summed E-state index contributed by atoms with van der Waals surface area (Å²) in [6.07, 6.45) is 0.875. The average Bonchev–Trinajstić information content (AvgIpc) is 2.81. The second kappa shape index (κ2) is 11.4. The first-order chi connectivity index (χ1) is 15.2. The molecule has 3 aromatic carbocycles. The van der Waals surface area contributed by atoms with Gasteiger partial charge in [0.15, 0.2) is 0 Å². The molecule has 0 atom stereocenters. The molecule has 3 N–H and O–H groups in total. The van der Waals surface area contributed by atoms with Crippen LogP contribution in [0.4, 0.5) is 11.4 Å². The van der Waals surface area contributed by atoms with E-state index >= 15 is 0 Å². The number of ether oxygens (including phenoxy) is 1.